The van der Waals surface area contributed by atoms with Crippen molar-refractivity contribution >= 4 is 5.57 Å². The number of allylic oxidation sites excluding steroid dienone is 8. The second kappa shape index (κ2) is 6.29. The molecule has 1 unspecified atom stereocenters. The summed E-state index contributed by atoms with van der Waals surface area (Å²) in [5, 5.41) is 0. The zero-order valence-corrected chi connectivity index (χ0v) is 15.3. The number of benzene rings is 2. The molecule has 0 amide bonds. The molecular formula is C26H24. The molecule has 0 spiro atoms. The van der Waals surface area contributed by atoms with Gasteiger partial charge < -0.3 is 0 Å². The first kappa shape index (κ1) is 15.6. The molecule has 26 heavy (non-hydrogen) atoms. The maximum atomic E-state index is 2.44. The van der Waals surface area contributed by atoms with Gasteiger partial charge in [-0.3, -0.25) is 0 Å². The Balaban J connectivity index is 1.49. The molecule has 3 aliphatic carbocycles. The average molecular weight is 336 g/mol. The van der Waals surface area contributed by atoms with Crippen molar-refractivity contribution in [3.63, 3.8) is 0 Å². The third-order valence-electron chi connectivity index (χ3n) is 6.03. The minimum absolute atomic E-state index is 0.417. The lowest BCUT2D eigenvalue weighted by Crippen LogP contribution is -2.10. The van der Waals surface area contributed by atoms with E-state index in [-0.39, 0.29) is 0 Å². The Morgan fingerprint density at radius 1 is 0.846 bits per heavy atom. The Morgan fingerprint density at radius 3 is 2.58 bits per heavy atom. The van der Waals surface area contributed by atoms with Crippen LogP contribution in [0.25, 0.3) is 5.57 Å². The molecule has 0 heteroatoms. The summed E-state index contributed by atoms with van der Waals surface area (Å²) in [5.41, 5.74) is 11.6. The highest BCUT2D eigenvalue weighted by Gasteiger charge is 2.26. The molecule has 0 saturated heterocycles. The van der Waals surface area contributed by atoms with Crippen LogP contribution in [0.4, 0.5) is 0 Å². The zero-order chi connectivity index (χ0) is 17.5. The van der Waals surface area contributed by atoms with E-state index in [4.69, 9.17) is 0 Å². The molecule has 128 valence electrons. The first-order valence-electron chi connectivity index (χ1n) is 9.75. The van der Waals surface area contributed by atoms with Crippen LogP contribution in [0.3, 0.4) is 0 Å². The van der Waals surface area contributed by atoms with E-state index in [9.17, 15) is 0 Å². The van der Waals surface area contributed by atoms with Crippen LogP contribution >= 0.6 is 0 Å². The van der Waals surface area contributed by atoms with E-state index in [1.54, 1.807) is 11.1 Å². The number of hydrogen-bond donors (Lipinski definition) is 0. The summed E-state index contributed by atoms with van der Waals surface area (Å²) in [6, 6.07) is 16.1. The summed E-state index contributed by atoms with van der Waals surface area (Å²) in [4.78, 5) is 0. The third-order valence-corrected chi connectivity index (χ3v) is 6.03. The van der Waals surface area contributed by atoms with Crippen LogP contribution in [-0.4, -0.2) is 0 Å². The van der Waals surface area contributed by atoms with Crippen molar-refractivity contribution in [2.24, 2.45) is 5.92 Å². The van der Waals surface area contributed by atoms with Crippen molar-refractivity contribution in [1.29, 1.82) is 0 Å². The van der Waals surface area contributed by atoms with Gasteiger partial charge in [0, 0.05) is 5.92 Å². The molecule has 0 heterocycles. The Kier molecular flexibility index (Phi) is 3.78. The van der Waals surface area contributed by atoms with Gasteiger partial charge in [0.25, 0.3) is 0 Å². The lowest BCUT2D eigenvalue weighted by molar-refractivity contribution is 0.911. The molecule has 0 aliphatic heterocycles. The number of hydrogen-bond acceptors (Lipinski definition) is 0. The fourth-order valence-corrected chi connectivity index (χ4v) is 4.56. The number of fused-ring (bicyclic) bond motifs is 2. The lowest BCUT2D eigenvalue weighted by Gasteiger charge is -2.25. The summed E-state index contributed by atoms with van der Waals surface area (Å²) >= 11 is 0. The second-order valence-electron chi connectivity index (χ2n) is 7.80. The van der Waals surface area contributed by atoms with E-state index >= 15 is 0 Å². The minimum atomic E-state index is 0.417. The fraction of sp³-hybridized carbons (Fsp3) is 0.231. The second-order valence-corrected chi connectivity index (χ2v) is 7.80. The number of rotatable bonds is 3. The van der Waals surface area contributed by atoms with Gasteiger partial charge in [-0.1, -0.05) is 78.4 Å². The molecule has 0 radical (unpaired) electrons. The summed E-state index contributed by atoms with van der Waals surface area (Å²) in [6.07, 6.45) is 16.4. The van der Waals surface area contributed by atoms with Crippen LogP contribution < -0.4 is 0 Å². The molecule has 5 rings (SSSR count). The molecule has 0 fully saturated rings. The molecule has 0 nitrogen and oxygen atoms in total. The Bertz CT molecular complexity index is 977. The van der Waals surface area contributed by atoms with Gasteiger partial charge in [0.1, 0.15) is 0 Å². The van der Waals surface area contributed by atoms with Gasteiger partial charge in [-0.2, -0.15) is 0 Å². The van der Waals surface area contributed by atoms with Gasteiger partial charge in [-0.05, 0) is 71.6 Å². The standard InChI is InChI=1S/C26H24/c1-18-8-10-19(11-9-18)16-22-14-15-25(26-7-3-6-24(22)26)23-13-12-20-4-2-5-21(20)17-23/h3,6-15,17,26H,2,4-5,16H2,1H3. The predicted octanol–water partition coefficient (Wildman–Crippen LogP) is 6.16. The fourth-order valence-electron chi connectivity index (χ4n) is 4.56. The van der Waals surface area contributed by atoms with Gasteiger partial charge in [0.05, 0.1) is 0 Å². The van der Waals surface area contributed by atoms with E-state index in [0.29, 0.717) is 5.92 Å². The normalized spacial score (nSPS) is 20.3. The highest BCUT2D eigenvalue weighted by Crippen LogP contribution is 2.42. The highest BCUT2D eigenvalue weighted by molar-refractivity contribution is 5.79. The van der Waals surface area contributed by atoms with Crippen molar-refractivity contribution in [3.05, 3.63) is 112 Å². The monoisotopic (exact) mass is 336 g/mol. The Labute approximate surface area is 156 Å². The molecule has 0 aromatic heterocycles. The molecular weight excluding hydrogens is 312 g/mol. The first-order chi connectivity index (χ1) is 12.8. The van der Waals surface area contributed by atoms with E-state index in [1.165, 1.54) is 52.7 Å². The van der Waals surface area contributed by atoms with Crippen molar-refractivity contribution in [2.45, 2.75) is 32.6 Å². The molecule has 0 bridgehead atoms. The molecule has 3 aliphatic rings. The van der Waals surface area contributed by atoms with Crippen LogP contribution in [0.15, 0.2) is 84.0 Å². The van der Waals surface area contributed by atoms with E-state index < -0.39 is 0 Å². The van der Waals surface area contributed by atoms with Crippen molar-refractivity contribution in [2.75, 3.05) is 0 Å². The largest absolute Gasteiger partial charge is 0.0726 e. The van der Waals surface area contributed by atoms with Crippen LogP contribution in [0.1, 0.15) is 34.2 Å². The summed E-state index contributed by atoms with van der Waals surface area (Å²) in [6.45, 7) is 2.15. The van der Waals surface area contributed by atoms with Gasteiger partial charge in [0.15, 0.2) is 0 Å². The van der Waals surface area contributed by atoms with Crippen molar-refractivity contribution < 1.29 is 0 Å². The predicted molar refractivity (Wildman–Crippen MR) is 110 cm³/mol. The lowest BCUT2D eigenvalue weighted by atomic mass is 9.79. The summed E-state index contributed by atoms with van der Waals surface area (Å²) < 4.78 is 0. The molecule has 0 saturated carbocycles. The quantitative estimate of drug-likeness (QED) is 0.629. The summed E-state index contributed by atoms with van der Waals surface area (Å²) in [7, 11) is 0. The molecule has 2 aromatic carbocycles. The smallest absolute Gasteiger partial charge is 0.0281 e. The SMILES string of the molecule is Cc1ccc(CC2=CC=C(c3ccc4c(c3)CCC4)C3C=CC=C23)cc1. The third kappa shape index (κ3) is 2.70. The number of aryl methyl sites for hydroxylation is 3. The van der Waals surface area contributed by atoms with Gasteiger partial charge in [-0.25, -0.2) is 0 Å². The Hall–Kier alpha value is -2.60. The topological polar surface area (TPSA) is 0 Å². The zero-order valence-electron chi connectivity index (χ0n) is 15.3. The first-order valence-corrected chi connectivity index (χ1v) is 9.75. The minimum Gasteiger partial charge on any atom is -0.0726 e. The highest BCUT2D eigenvalue weighted by atomic mass is 14.3. The van der Waals surface area contributed by atoms with E-state index in [1.807, 2.05) is 0 Å². The van der Waals surface area contributed by atoms with E-state index in [0.717, 1.165) is 6.42 Å². The molecule has 2 aromatic rings. The van der Waals surface area contributed by atoms with Gasteiger partial charge in [-0.15, -0.1) is 0 Å². The van der Waals surface area contributed by atoms with Crippen LogP contribution in [0, 0.1) is 12.8 Å². The molecule has 1 atom stereocenters. The van der Waals surface area contributed by atoms with Crippen molar-refractivity contribution in [1.82, 2.24) is 0 Å². The van der Waals surface area contributed by atoms with Crippen molar-refractivity contribution in [3.8, 4) is 0 Å². The van der Waals surface area contributed by atoms with E-state index in [2.05, 4.69) is 79.8 Å². The van der Waals surface area contributed by atoms with Crippen LogP contribution in [0.5, 0.6) is 0 Å². The van der Waals surface area contributed by atoms with Crippen LogP contribution in [0.2, 0.25) is 0 Å². The average Bonchev–Trinajstić information content (AvgIpc) is 3.32. The molecule has 0 N–H and O–H groups in total. The van der Waals surface area contributed by atoms with Crippen LogP contribution in [-0.2, 0) is 19.3 Å². The van der Waals surface area contributed by atoms with Gasteiger partial charge in [0.2, 0.25) is 0 Å². The summed E-state index contributed by atoms with van der Waals surface area (Å²) in [5.74, 6) is 0.417. The maximum absolute atomic E-state index is 2.44. The maximum Gasteiger partial charge on any atom is 0.0281 e. The Morgan fingerprint density at radius 2 is 1.69 bits per heavy atom. The van der Waals surface area contributed by atoms with Gasteiger partial charge >= 0.3 is 0 Å².